The van der Waals surface area contributed by atoms with Gasteiger partial charge >= 0.3 is 0 Å². The van der Waals surface area contributed by atoms with Crippen LogP contribution in [-0.2, 0) is 4.79 Å². The molecular formula is C19H22N4O2S2. The summed E-state index contributed by atoms with van der Waals surface area (Å²) in [6, 6.07) is 3.96. The first-order chi connectivity index (χ1) is 13.1. The van der Waals surface area contributed by atoms with Crippen molar-refractivity contribution in [2.45, 2.75) is 32.2 Å². The van der Waals surface area contributed by atoms with E-state index in [1.807, 2.05) is 34.7 Å². The molecule has 8 heteroatoms. The molecule has 1 fully saturated rings. The van der Waals surface area contributed by atoms with Crippen molar-refractivity contribution in [1.29, 1.82) is 0 Å². The van der Waals surface area contributed by atoms with Gasteiger partial charge in [-0.05, 0) is 37.8 Å². The third-order valence-electron chi connectivity index (χ3n) is 4.89. The summed E-state index contributed by atoms with van der Waals surface area (Å²) in [7, 11) is 0. The molecule has 0 saturated carbocycles. The standard InChI is InChI=1S/C19H22N4O2S2/c1-12(20-7-4-9-23-8-2-6-15(23)24)17-21-18(25)16-13(11-27-19(16)22-17)14-5-3-10-26-14/h3,5,10-12,20H,2,4,6-9H2,1H3,(H,21,22,25)/t12-/m0/s1. The molecule has 1 aliphatic rings. The average Bonchev–Trinajstić information content (AvgIpc) is 3.39. The lowest BCUT2D eigenvalue weighted by molar-refractivity contribution is -0.127. The van der Waals surface area contributed by atoms with E-state index in [0.29, 0.717) is 17.6 Å². The van der Waals surface area contributed by atoms with Gasteiger partial charge < -0.3 is 15.2 Å². The third kappa shape index (κ3) is 3.83. The minimum atomic E-state index is -0.0871. The highest BCUT2D eigenvalue weighted by atomic mass is 32.1. The van der Waals surface area contributed by atoms with E-state index in [2.05, 4.69) is 15.3 Å². The van der Waals surface area contributed by atoms with Crippen LogP contribution in [0.1, 0.15) is 38.1 Å². The molecule has 1 aliphatic heterocycles. The molecule has 0 aliphatic carbocycles. The second-order valence-corrected chi connectivity index (χ2v) is 8.58. The Morgan fingerprint density at radius 3 is 3.00 bits per heavy atom. The molecule has 142 valence electrons. The third-order valence-corrected chi connectivity index (χ3v) is 6.66. The van der Waals surface area contributed by atoms with E-state index in [1.54, 1.807) is 11.3 Å². The van der Waals surface area contributed by atoms with Crippen molar-refractivity contribution in [2.75, 3.05) is 19.6 Å². The number of rotatable bonds is 7. The van der Waals surface area contributed by atoms with Crippen molar-refractivity contribution >= 4 is 38.8 Å². The summed E-state index contributed by atoms with van der Waals surface area (Å²) in [6.45, 7) is 4.44. The Bertz CT molecular complexity index is 993. The van der Waals surface area contributed by atoms with E-state index in [-0.39, 0.29) is 17.5 Å². The van der Waals surface area contributed by atoms with Crippen LogP contribution in [0.25, 0.3) is 20.7 Å². The fourth-order valence-electron chi connectivity index (χ4n) is 3.41. The second-order valence-electron chi connectivity index (χ2n) is 6.77. The SMILES string of the molecule is C[C@H](NCCCN1CCCC1=O)c1nc2scc(-c3cccs3)c2c(=O)[nH]1. The number of fused-ring (bicyclic) bond motifs is 1. The number of likely N-dealkylation sites (tertiary alicyclic amines) is 1. The Balaban J connectivity index is 1.42. The molecule has 0 radical (unpaired) electrons. The van der Waals surface area contributed by atoms with E-state index in [9.17, 15) is 9.59 Å². The van der Waals surface area contributed by atoms with Crippen molar-refractivity contribution in [3.8, 4) is 10.4 Å². The van der Waals surface area contributed by atoms with Crippen LogP contribution in [0.2, 0.25) is 0 Å². The first-order valence-electron chi connectivity index (χ1n) is 9.20. The fourth-order valence-corrected chi connectivity index (χ4v) is 5.18. The van der Waals surface area contributed by atoms with Gasteiger partial charge in [0.25, 0.3) is 5.56 Å². The Kier molecular flexibility index (Phi) is 5.38. The van der Waals surface area contributed by atoms with Gasteiger partial charge in [-0.2, -0.15) is 0 Å². The smallest absolute Gasteiger partial charge is 0.260 e. The van der Waals surface area contributed by atoms with Crippen LogP contribution in [0.5, 0.6) is 0 Å². The maximum absolute atomic E-state index is 12.7. The number of thiophene rings is 2. The number of H-pyrrole nitrogens is 1. The van der Waals surface area contributed by atoms with Crippen LogP contribution >= 0.6 is 22.7 Å². The topological polar surface area (TPSA) is 78.1 Å². The molecular weight excluding hydrogens is 380 g/mol. The minimum Gasteiger partial charge on any atom is -0.343 e. The first-order valence-corrected chi connectivity index (χ1v) is 11.0. The molecule has 4 rings (SSSR count). The lowest BCUT2D eigenvalue weighted by Gasteiger charge is -2.17. The van der Waals surface area contributed by atoms with Crippen LogP contribution in [0.3, 0.4) is 0 Å². The van der Waals surface area contributed by atoms with Crippen LogP contribution < -0.4 is 10.9 Å². The van der Waals surface area contributed by atoms with E-state index in [1.165, 1.54) is 11.3 Å². The molecule has 6 nitrogen and oxygen atoms in total. The normalized spacial score (nSPS) is 15.7. The molecule has 0 bridgehead atoms. The number of carbonyl (C=O) groups is 1. The molecule has 27 heavy (non-hydrogen) atoms. The summed E-state index contributed by atoms with van der Waals surface area (Å²) in [5.74, 6) is 0.920. The number of aromatic nitrogens is 2. The van der Waals surface area contributed by atoms with Gasteiger partial charge in [0, 0.05) is 35.3 Å². The molecule has 2 N–H and O–H groups in total. The summed E-state index contributed by atoms with van der Waals surface area (Å²) in [4.78, 5) is 35.7. The molecule has 3 aromatic rings. The average molecular weight is 403 g/mol. The van der Waals surface area contributed by atoms with Gasteiger partial charge in [-0.15, -0.1) is 22.7 Å². The Morgan fingerprint density at radius 2 is 2.26 bits per heavy atom. The van der Waals surface area contributed by atoms with Gasteiger partial charge in [0.2, 0.25) is 5.91 Å². The molecule has 0 aromatic carbocycles. The zero-order chi connectivity index (χ0) is 18.8. The lowest BCUT2D eigenvalue weighted by atomic mass is 10.2. The number of nitrogens with one attached hydrogen (secondary N) is 2. The molecule has 3 aromatic heterocycles. The number of amides is 1. The minimum absolute atomic E-state index is 0.0522. The highest BCUT2D eigenvalue weighted by molar-refractivity contribution is 7.18. The fraction of sp³-hybridized carbons (Fsp3) is 0.421. The van der Waals surface area contributed by atoms with Gasteiger partial charge in [0.15, 0.2) is 0 Å². The zero-order valence-corrected chi connectivity index (χ0v) is 16.8. The number of hydrogen-bond acceptors (Lipinski definition) is 6. The maximum Gasteiger partial charge on any atom is 0.260 e. The highest BCUT2D eigenvalue weighted by Crippen LogP contribution is 2.33. The maximum atomic E-state index is 12.7. The molecule has 1 amide bonds. The first kappa shape index (κ1) is 18.3. The largest absolute Gasteiger partial charge is 0.343 e. The van der Waals surface area contributed by atoms with Crippen molar-refractivity contribution < 1.29 is 4.79 Å². The molecule has 1 atom stereocenters. The van der Waals surface area contributed by atoms with E-state index in [0.717, 1.165) is 47.7 Å². The summed E-state index contributed by atoms with van der Waals surface area (Å²) in [6.07, 6.45) is 2.55. The number of carbonyl (C=O) groups excluding carboxylic acids is 1. The van der Waals surface area contributed by atoms with Gasteiger partial charge in [-0.3, -0.25) is 9.59 Å². The Morgan fingerprint density at radius 1 is 1.37 bits per heavy atom. The highest BCUT2D eigenvalue weighted by Gasteiger charge is 2.19. The summed E-state index contributed by atoms with van der Waals surface area (Å²) >= 11 is 3.13. The van der Waals surface area contributed by atoms with Crippen LogP contribution in [0, 0.1) is 0 Å². The molecule has 4 heterocycles. The van der Waals surface area contributed by atoms with E-state index >= 15 is 0 Å². The van der Waals surface area contributed by atoms with Crippen LogP contribution in [-0.4, -0.2) is 40.4 Å². The molecule has 0 spiro atoms. The van der Waals surface area contributed by atoms with Gasteiger partial charge in [0.1, 0.15) is 10.7 Å². The number of aromatic amines is 1. The molecule has 0 unspecified atom stereocenters. The lowest BCUT2D eigenvalue weighted by Crippen LogP contribution is -2.30. The predicted octanol–water partition coefficient (Wildman–Crippen LogP) is 3.38. The van der Waals surface area contributed by atoms with Crippen molar-refractivity contribution in [3.05, 3.63) is 39.1 Å². The van der Waals surface area contributed by atoms with Crippen molar-refractivity contribution in [2.24, 2.45) is 0 Å². The zero-order valence-electron chi connectivity index (χ0n) is 15.2. The summed E-state index contributed by atoms with van der Waals surface area (Å²) in [5.41, 5.74) is 0.872. The van der Waals surface area contributed by atoms with Crippen molar-refractivity contribution in [1.82, 2.24) is 20.2 Å². The molecule has 1 saturated heterocycles. The quantitative estimate of drug-likeness (QED) is 0.594. The summed E-state index contributed by atoms with van der Waals surface area (Å²) < 4.78 is 0. The van der Waals surface area contributed by atoms with E-state index < -0.39 is 0 Å². The Labute approximate surface area is 165 Å². The van der Waals surface area contributed by atoms with Gasteiger partial charge in [0.05, 0.1) is 11.4 Å². The van der Waals surface area contributed by atoms with Crippen LogP contribution in [0.15, 0.2) is 27.7 Å². The monoisotopic (exact) mass is 402 g/mol. The number of nitrogens with zero attached hydrogens (tertiary/aromatic N) is 2. The predicted molar refractivity (Wildman–Crippen MR) is 110 cm³/mol. The van der Waals surface area contributed by atoms with Gasteiger partial charge in [-0.1, -0.05) is 6.07 Å². The Hall–Kier alpha value is -2.03. The van der Waals surface area contributed by atoms with Crippen LogP contribution in [0.4, 0.5) is 0 Å². The number of hydrogen-bond donors (Lipinski definition) is 2. The summed E-state index contributed by atoms with van der Waals surface area (Å²) in [5, 5.41) is 8.09. The van der Waals surface area contributed by atoms with Gasteiger partial charge in [-0.25, -0.2) is 4.98 Å². The second kappa shape index (κ2) is 7.92. The van der Waals surface area contributed by atoms with Crippen molar-refractivity contribution in [3.63, 3.8) is 0 Å². The van der Waals surface area contributed by atoms with E-state index in [4.69, 9.17) is 0 Å².